The fourth-order valence-corrected chi connectivity index (χ4v) is 5.23. The van der Waals surface area contributed by atoms with Gasteiger partial charge in [-0.2, -0.15) is 0 Å². The molecule has 1 aliphatic rings. The van der Waals surface area contributed by atoms with E-state index in [4.69, 9.17) is 9.47 Å². The van der Waals surface area contributed by atoms with E-state index < -0.39 is 11.9 Å². The van der Waals surface area contributed by atoms with Crippen molar-refractivity contribution < 1.29 is 23.5 Å². The lowest BCUT2D eigenvalue weighted by Crippen LogP contribution is -2.52. The summed E-state index contributed by atoms with van der Waals surface area (Å²) in [5.74, 6) is -0.406. The molecule has 2 amide bonds. The average Bonchev–Trinajstić information content (AvgIpc) is 3.41. The van der Waals surface area contributed by atoms with Gasteiger partial charge in [0.25, 0.3) is 0 Å². The molecule has 1 heterocycles. The first-order valence-corrected chi connectivity index (χ1v) is 13.5. The molecule has 1 aromatic heterocycles. The monoisotopic (exact) mass is 557 g/mol. The van der Waals surface area contributed by atoms with E-state index in [0.29, 0.717) is 46.6 Å². The SMILES string of the molecule is COc1ccc(NC(=O)[C@@H]([C@@H]2CC=CCC2)N(Cc2ccccc2F)C(=O)Cn2nnc3ccccc32)c(OC)c1. The minimum atomic E-state index is -0.895. The van der Waals surface area contributed by atoms with Gasteiger partial charge in [-0.15, -0.1) is 5.10 Å². The number of aromatic nitrogens is 3. The summed E-state index contributed by atoms with van der Waals surface area (Å²) in [6.45, 7) is -0.247. The summed E-state index contributed by atoms with van der Waals surface area (Å²) >= 11 is 0. The highest BCUT2D eigenvalue weighted by Crippen LogP contribution is 2.32. The molecule has 212 valence electrons. The number of carbonyl (C=O) groups excluding carboxylic acids is 2. The van der Waals surface area contributed by atoms with E-state index >= 15 is 0 Å². The average molecular weight is 558 g/mol. The van der Waals surface area contributed by atoms with E-state index in [0.717, 1.165) is 6.42 Å². The predicted octanol–water partition coefficient (Wildman–Crippen LogP) is 4.98. The topological polar surface area (TPSA) is 98.6 Å². The Morgan fingerprint density at radius 2 is 1.88 bits per heavy atom. The zero-order valence-corrected chi connectivity index (χ0v) is 23.0. The van der Waals surface area contributed by atoms with Crippen molar-refractivity contribution in [3.05, 3.63) is 90.3 Å². The first kappa shape index (κ1) is 27.8. The third kappa shape index (κ3) is 6.21. The fourth-order valence-electron chi connectivity index (χ4n) is 5.23. The van der Waals surface area contributed by atoms with E-state index in [1.807, 2.05) is 30.3 Å². The van der Waals surface area contributed by atoms with Crippen LogP contribution in [0.5, 0.6) is 11.5 Å². The molecule has 0 fully saturated rings. The van der Waals surface area contributed by atoms with Crippen molar-refractivity contribution in [1.82, 2.24) is 19.9 Å². The lowest BCUT2D eigenvalue weighted by Gasteiger charge is -2.37. The van der Waals surface area contributed by atoms with Crippen LogP contribution in [0, 0.1) is 11.7 Å². The number of amides is 2. The molecule has 41 heavy (non-hydrogen) atoms. The van der Waals surface area contributed by atoms with Crippen molar-refractivity contribution >= 4 is 28.5 Å². The normalized spacial score (nSPS) is 15.3. The van der Waals surface area contributed by atoms with Crippen LogP contribution in [0.15, 0.2) is 78.9 Å². The molecule has 3 aromatic carbocycles. The van der Waals surface area contributed by atoms with Gasteiger partial charge in [-0.25, -0.2) is 9.07 Å². The van der Waals surface area contributed by atoms with Gasteiger partial charge < -0.3 is 19.7 Å². The highest BCUT2D eigenvalue weighted by Gasteiger charge is 2.37. The maximum absolute atomic E-state index is 14.9. The van der Waals surface area contributed by atoms with Crippen LogP contribution in [0.4, 0.5) is 10.1 Å². The first-order chi connectivity index (χ1) is 20.0. The number of anilines is 1. The molecule has 2 atom stereocenters. The molecule has 0 aliphatic heterocycles. The van der Waals surface area contributed by atoms with E-state index in [2.05, 4.69) is 21.7 Å². The second-order valence-electron chi connectivity index (χ2n) is 9.89. The smallest absolute Gasteiger partial charge is 0.247 e. The summed E-state index contributed by atoms with van der Waals surface area (Å²) in [5.41, 5.74) is 2.10. The molecular formula is C31H32FN5O4. The fraction of sp³-hybridized carbons (Fsp3) is 0.290. The first-order valence-electron chi connectivity index (χ1n) is 13.5. The summed E-state index contributed by atoms with van der Waals surface area (Å²) in [4.78, 5) is 29.7. The third-order valence-electron chi connectivity index (χ3n) is 7.35. The van der Waals surface area contributed by atoms with E-state index in [-0.39, 0.29) is 30.8 Å². The predicted molar refractivity (Wildman–Crippen MR) is 153 cm³/mol. The molecular weight excluding hydrogens is 525 g/mol. The lowest BCUT2D eigenvalue weighted by molar-refractivity contribution is -0.142. The van der Waals surface area contributed by atoms with Crippen molar-refractivity contribution in [1.29, 1.82) is 0 Å². The minimum absolute atomic E-state index is 0.0871. The van der Waals surface area contributed by atoms with Crippen molar-refractivity contribution in [2.45, 2.75) is 38.4 Å². The van der Waals surface area contributed by atoms with Gasteiger partial charge >= 0.3 is 0 Å². The maximum atomic E-state index is 14.9. The maximum Gasteiger partial charge on any atom is 0.247 e. The molecule has 0 bridgehead atoms. The van der Waals surface area contributed by atoms with Crippen LogP contribution in [0.3, 0.4) is 0 Å². The van der Waals surface area contributed by atoms with Crippen molar-refractivity contribution in [2.75, 3.05) is 19.5 Å². The second-order valence-corrected chi connectivity index (χ2v) is 9.89. The molecule has 10 heteroatoms. The van der Waals surface area contributed by atoms with Crippen LogP contribution >= 0.6 is 0 Å². The molecule has 0 saturated carbocycles. The summed E-state index contributed by atoms with van der Waals surface area (Å²) in [7, 11) is 3.05. The number of nitrogens with one attached hydrogen (secondary N) is 1. The Morgan fingerprint density at radius 3 is 2.63 bits per heavy atom. The number of benzene rings is 3. The van der Waals surface area contributed by atoms with E-state index in [9.17, 15) is 14.0 Å². The van der Waals surface area contributed by atoms with Gasteiger partial charge in [0.2, 0.25) is 11.8 Å². The molecule has 5 rings (SSSR count). The molecule has 9 nitrogen and oxygen atoms in total. The lowest BCUT2D eigenvalue weighted by atomic mass is 9.85. The quantitative estimate of drug-likeness (QED) is 0.276. The Kier molecular flexibility index (Phi) is 8.57. The zero-order chi connectivity index (χ0) is 28.8. The number of carbonyl (C=O) groups is 2. The van der Waals surface area contributed by atoms with Crippen molar-refractivity contribution in [2.24, 2.45) is 5.92 Å². The van der Waals surface area contributed by atoms with Crippen LogP contribution < -0.4 is 14.8 Å². The molecule has 1 aliphatic carbocycles. The van der Waals surface area contributed by atoms with Crippen LogP contribution in [0.1, 0.15) is 24.8 Å². The summed E-state index contributed by atoms with van der Waals surface area (Å²) in [6, 6.07) is 17.8. The Balaban J connectivity index is 1.53. The zero-order valence-electron chi connectivity index (χ0n) is 23.0. The number of methoxy groups -OCH3 is 2. The number of nitrogens with zero attached hydrogens (tertiary/aromatic N) is 4. The van der Waals surface area contributed by atoms with Gasteiger partial charge in [-0.3, -0.25) is 9.59 Å². The van der Waals surface area contributed by atoms with Gasteiger partial charge in [-0.1, -0.05) is 47.7 Å². The van der Waals surface area contributed by atoms with Crippen molar-refractivity contribution in [3.8, 4) is 11.5 Å². The van der Waals surface area contributed by atoms with Gasteiger partial charge in [0.1, 0.15) is 35.4 Å². The Bertz CT molecular complexity index is 1570. The third-order valence-corrected chi connectivity index (χ3v) is 7.35. The Hall–Kier alpha value is -4.73. The molecule has 0 saturated heterocycles. The molecule has 1 N–H and O–H groups in total. The summed E-state index contributed by atoms with van der Waals surface area (Å²) in [5, 5.41) is 11.3. The van der Waals surface area contributed by atoms with Crippen LogP contribution in [-0.2, 0) is 22.7 Å². The molecule has 4 aromatic rings. The number of rotatable bonds is 10. The van der Waals surface area contributed by atoms with Gasteiger partial charge in [0, 0.05) is 18.2 Å². The van der Waals surface area contributed by atoms with Crippen LogP contribution in [0.2, 0.25) is 0 Å². The Labute approximate surface area is 237 Å². The highest BCUT2D eigenvalue weighted by molar-refractivity contribution is 5.98. The molecule has 0 spiro atoms. The number of halogens is 1. The van der Waals surface area contributed by atoms with Gasteiger partial charge in [-0.05, 0) is 55.5 Å². The number of para-hydroxylation sites is 1. The van der Waals surface area contributed by atoms with Gasteiger partial charge in [0.15, 0.2) is 0 Å². The van der Waals surface area contributed by atoms with Crippen molar-refractivity contribution in [3.63, 3.8) is 0 Å². The highest BCUT2D eigenvalue weighted by atomic mass is 19.1. The summed E-state index contributed by atoms with van der Waals surface area (Å²) < 4.78 is 27.2. The minimum Gasteiger partial charge on any atom is -0.497 e. The van der Waals surface area contributed by atoms with E-state index in [1.54, 1.807) is 43.5 Å². The van der Waals surface area contributed by atoms with Crippen LogP contribution in [-0.4, -0.2) is 52.0 Å². The standard InChI is InChI=1S/C31H32FN5O4/c1-40-23-16-17-26(28(18-23)41-2)33-31(39)30(21-10-4-3-5-11-21)36(19-22-12-6-7-13-24(22)32)29(38)20-37-27-15-9-8-14-25(27)34-35-37/h3-4,6-9,12-18,21,30H,5,10-11,19-20H2,1-2H3,(H,33,39)/t21-,30-/m1/s1. The number of hydrogen-bond donors (Lipinski definition) is 1. The molecule has 0 radical (unpaired) electrons. The number of ether oxygens (including phenoxy) is 2. The molecule has 0 unspecified atom stereocenters. The second kappa shape index (κ2) is 12.6. The number of fused-ring (bicyclic) bond motifs is 1. The Morgan fingerprint density at radius 1 is 1.07 bits per heavy atom. The largest absolute Gasteiger partial charge is 0.497 e. The van der Waals surface area contributed by atoms with Crippen LogP contribution in [0.25, 0.3) is 11.0 Å². The van der Waals surface area contributed by atoms with E-state index in [1.165, 1.54) is 22.8 Å². The van der Waals surface area contributed by atoms with Gasteiger partial charge in [0.05, 0.1) is 25.4 Å². The number of hydrogen-bond acceptors (Lipinski definition) is 6. The summed E-state index contributed by atoms with van der Waals surface area (Å²) in [6.07, 6.45) is 6.17. The number of allylic oxidation sites excluding steroid dienone is 2.